The molecule has 20 heavy (non-hydrogen) atoms. The van der Waals surface area contributed by atoms with Gasteiger partial charge in [-0.3, -0.25) is 0 Å². The Morgan fingerprint density at radius 1 is 1.20 bits per heavy atom. The summed E-state index contributed by atoms with van der Waals surface area (Å²) in [6.07, 6.45) is 3.58. The zero-order valence-corrected chi connectivity index (χ0v) is 11.0. The van der Waals surface area contributed by atoms with Crippen LogP contribution in [0.3, 0.4) is 0 Å². The molecule has 3 aromatic rings. The Labute approximate surface area is 117 Å². The van der Waals surface area contributed by atoms with Crippen LogP contribution in [0.4, 0.5) is 4.39 Å². The minimum absolute atomic E-state index is 0.0229. The Kier molecular flexibility index (Phi) is 3.08. The molecule has 2 heterocycles. The van der Waals surface area contributed by atoms with Crippen molar-refractivity contribution in [1.82, 2.24) is 9.55 Å². The Morgan fingerprint density at radius 2 is 1.85 bits per heavy atom. The first-order valence-electron chi connectivity index (χ1n) is 5.78. The molecule has 100 valence electrons. The van der Waals surface area contributed by atoms with Crippen molar-refractivity contribution in [3.63, 3.8) is 0 Å². The number of carboxylic acids is 1. The summed E-state index contributed by atoms with van der Waals surface area (Å²) >= 11 is 1.25. The van der Waals surface area contributed by atoms with E-state index in [2.05, 4.69) is 4.98 Å². The Morgan fingerprint density at radius 3 is 2.45 bits per heavy atom. The third-order valence-corrected chi connectivity index (χ3v) is 3.87. The first-order valence-corrected chi connectivity index (χ1v) is 6.60. The lowest BCUT2D eigenvalue weighted by Crippen LogP contribution is -1.99. The van der Waals surface area contributed by atoms with Gasteiger partial charge in [0.1, 0.15) is 5.82 Å². The number of thiazole rings is 1. The first-order chi connectivity index (χ1) is 9.65. The molecule has 6 heteroatoms. The number of benzene rings is 1. The van der Waals surface area contributed by atoms with E-state index in [9.17, 15) is 14.3 Å². The minimum Gasteiger partial charge on any atom is -0.476 e. The van der Waals surface area contributed by atoms with E-state index in [-0.39, 0.29) is 11.5 Å². The van der Waals surface area contributed by atoms with Crippen molar-refractivity contribution in [2.75, 3.05) is 0 Å². The zero-order valence-electron chi connectivity index (χ0n) is 10.2. The van der Waals surface area contributed by atoms with E-state index in [1.165, 1.54) is 23.5 Å². The van der Waals surface area contributed by atoms with Crippen LogP contribution < -0.4 is 0 Å². The van der Waals surface area contributed by atoms with Crippen LogP contribution in [0.15, 0.2) is 48.8 Å². The lowest BCUT2D eigenvalue weighted by molar-refractivity contribution is 0.0692. The fourth-order valence-corrected chi connectivity index (χ4v) is 2.85. The van der Waals surface area contributed by atoms with E-state index in [1.807, 2.05) is 12.1 Å². The van der Waals surface area contributed by atoms with Gasteiger partial charge in [-0.05, 0) is 29.8 Å². The molecule has 0 bridgehead atoms. The molecular formula is C14H9FN2O2S. The quantitative estimate of drug-likeness (QED) is 0.803. The Balaban J connectivity index is 2.14. The number of aromatic carboxylic acids is 1. The van der Waals surface area contributed by atoms with Gasteiger partial charge in [0, 0.05) is 12.4 Å². The maximum absolute atomic E-state index is 13.0. The van der Waals surface area contributed by atoms with Crippen LogP contribution in [-0.2, 0) is 0 Å². The van der Waals surface area contributed by atoms with Crippen molar-refractivity contribution >= 4 is 17.3 Å². The van der Waals surface area contributed by atoms with Crippen LogP contribution in [0, 0.1) is 5.82 Å². The van der Waals surface area contributed by atoms with Crippen molar-refractivity contribution in [2.45, 2.75) is 0 Å². The molecule has 0 saturated carbocycles. The van der Waals surface area contributed by atoms with Gasteiger partial charge in [-0.2, -0.15) is 0 Å². The largest absolute Gasteiger partial charge is 0.476 e. The predicted octanol–water partition coefficient (Wildman–Crippen LogP) is 3.44. The number of carboxylic acid groups (broad SMARTS) is 1. The summed E-state index contributed by atoms with van der Waals surface area (Å²) in [6, 6.07) is 9.37. The van der Waals surface area contributed by atoms with Gasteiger partial charge in [0.25, 0.3) is 0 Å². The monoisotopic (exact) mass is 288 g/mol. The molecule has 1 aromatic carbocycles. The second-order valence-electron chi connectivity index (χ2n) is 4.08. The van der Waals surface area contributed by atoms with Gasteiger partial charge in [0.15, 0.2) is 10.8 Å². The standard InChI is InChI=1S/C14H9FN2O2S/c15-10-5-3-9(4-6-10)12-11(13(18)19)16-14(20-12)17-7-1-2-8-17/h1-8H,(H,18,19). The molecule has 0 amide bonds. The van der Waals surface area contributed by atoms with Gasteiger partial charge >= 0.3 is 5.97 Å². The van der Waals surface area contributed by atoms with Crippen molar-refractivity contribution in [1.29, 1.82) is 0 Å². The number of carbonyl (C=O) groups is 1. The molecule has 0 spiro atoms. The molecule has 4 nitrogen and oxygen atoms in total. The van der Waals surface area contributed by atoms with Crippen LogP contribution in [-0.4, -0.2) is 20.6 Å². The van der Waals surface area contributed by atoms with Gasteiger partial charge in [-0.15, -0.1) is 0 Å². The van der Waals surface area contributed by atoms with Crippen molar-refractivity contribution in [3.8, 4) is 15.6 Å². The van der Waals surface area contributed by atoms with Crippen LogP contribution in [0.2, 0.25) is 0 Å². The lowest BCUT2D eigenvalue weighted by Gasteiger charge is -1.98. The molecule has 0 atom stereocenters. The molecule has 2 aromatic heterocycles. The second-order valence-corrected chi connectivity index (χ2v) is 5.05. The zero-order chi connectivity index (χ0) is 14.1. The highest BCUT2D eigenvalue weighted by molar-refractivity contribution is 7.17. The highest BCUT2D eigenvalue weighted by atomic mass is 32.1. The van der Waals surface area contributed by atoms with Crippen molar-refractivity contribution in [2.24, 2.45) is 0 Å². The molecule has 0 aliphatic heterocycles. The summed E-state index contributed by atoms with van der Waals surface area (Å²) in [7, 11) is 0. The molecule has 0 radical (unpaired) electrons. The fraction of sp³-hybridized carbons (Fsp3) is 0. The fourth-order valence-electron chi connectivity index (χ4n) is 1.82. The maximum atomic E-state index is 13.0. The number of hydrogen-bond donors (Lipinski definition) is 1. The first kappa shape index (κ1) is 12.6. The lowest BCUT2D eigenvalue weighted by atomic mass is 10.1. The van der Waals surface area contributed by atoms with Gasteiger partial charge in [-0.25, -0.2) is 14.2 Å². The third kappa shape index (κ3) is 2.21. The molecule has 0 fully saturated rings. The smallest absolute Gasteiger partial charge is 0.356 e. The summed E-state index contributed by atoms with van der Waals surface area (Å²) in [5, 5.41) is 9.82. The summed E-state index contributed by atoms with van der Waals surface area (Å²) in [6.45, 7) is 0. The average Bonchev–Trinajstić information content (AvgIpc) is 3.08. The highest BCUT2D eigenvalue weighted by Gasteiger charge is 2.19. The van der Waals surface area contributed by atoms with Crippen molar-refractivity contribution < 1.29 is 14.3 Å². The van der Waals surface area contributed by atoms with E-state index >= 15 is 0 Å². The van der Waals surface area contributed by atoms with E-state index in [0.717, 1.165) is 0 Å². The molecule has 0 saturated heterocycles. The summed E-state index contributed by atoms with van der Waals surface area (Å²) < 4.78 is 14.7. The maximum Gasteiger partial charge on any atom is 0.356 e. The van der Waals surface area contributed by atoms with Crippen LogP contribution in [0.1, 0.15) is 10.5 Å². The molecule has 0 unspecified atom stereocenters. The predicted molar refractivity (Wildman–Crippen MR) is 73.8 cm³/mol. The van der Waals surface area contributed by atoms with Gasteiger partial charge in [0.05, 0.1) is 4.88 Å². The molecule has 0 aliphatic carbocycles. The van der Waals surface area contributed by atoms with E-state index < -0.39 is 5.97 Å². The second kappa shape index (κ2) is 4.90. The average molecular weight is 288 g/mol. The molecule has 3 rings (SSSR count). The summed E-state index contributed by atoms with van der Waals surface area (Å²) in [5.41, 5.74) is 0.616. The van der Waals surface area contributed by atoms with Crippen LogP contribution in [0.25, 0.3) is 15.6 Å². The Bertz CT molecular complexity index is 748. The third-order valence-electron chi connectivity index (χ3n) is 2.75. The highest BCUT2D eigenvalue weighted by Crippen LogP contribution is 2.32. The number of halogens is 1. The van der Waals surface area contributed by atoms with E-state index in [4.69, 9.17) is 0 Å². The number of nitrogens with zero attached hydrogens (tertiary/aromatic N) is 2. The minimum atomic E-state index is -1.10. The van der Waals surface area contributed by atoms with Crippen molar-refractivity contribution in [3.05, 3.63) is 60.3 Å². The molecule has 1 N–H and O–H groups in total. The van der Waals surface area contributed by atoms with Crippen LogP contribution in [0.5, 0.6) is 0 Å². The summed E-state index contributed by atoms with van der Waals surface area (Å²) in [5.74, 6) is -1.46. The number of hydrogen-bond acceptors (Lipinski definition) is 3. The van der Waals surface area contributed by atoms with E-state index in [1.54, 1.807) is 29.1 Å². The normalized spacial score (nSPS) is 10.7. The molecule has 0 aliphatic rings. The summed E-state index contributed by atoms with van der Waals surface area (Å²) in [4.78, 5) is 16.0. The number of aromatic nitrogens is 2. The SMILES string of the molecule is O=C(O)c1nc(-n2cccc2)sc1-c1ccc(F)cc1. The van der Waals surface area contributed by atoms with E-state index in [0.29, 0.717) is 15.6 Å². The van der Waals surface area contributed by atoms with Gasteiger partial charge in [-0.1, -0.05) is 23.5 Å². The van der Waals surface area contributed by atoms with Crippen LogP contribution >= 0.6 is 11.3 Å². The van der Waals surface area contributed by atoms with Gasteiger partial charge < -0.3 is 9.67 Å². The Hall–Kier alpha value is -2.47. The topological polar surface area (TPSA) is 55.1 Å². The van der Waals surface area contributed by atoms with Gasteiger partial charge in [0.2, 0.25) is 0 Å². The number of rotatable bonds is 3. The molecular weight excluding hydrogens is 279 g/mol.